The number of nitrogens with one attached hydrogen (secondary N) is 1. The minimum absolute atomic E-state index is 0.0122. The Hall–Kier alpha value is -0.700. The maximum Gasteiger partial charge on any atom is 0.270 e. The van der Waals surface area contributed by atoms with Crippen molar-refractivity contribution in [1.82, 2.24) is 5.32 Å². The summed E-state index contributed by atoms with van der Waals surface area (Å²) < 4.78 is 40.1. The van der Waals surface area contributed by atoms with Crippen molar-refractivity contribution in [2.75, 3.05) is 19.9 Å². The van der Waals surface area contributed by atoms with Crippen LogP contribution >= 0.6 is 0 Å². The topological polar surface area (TPSA) is 90.9 Å². The van der Waals surface area contributed by atoms with Crippen molar-refractivity contribution in [2.45, 2.75) is 57.5 Å². The molecule has 1 saturated heterocycles. The standard InChI is InChI=1S/C16H27NO6S/c1-4-16(2,3)15(18)17-5-6-21-9-22-13-10-7-11-12(8-10)24(19,20)23-14(11)13/h10-14H,4-9H2,1-3H3,(H,17,18). The van der Waals surface area contributed by atoms with Crippen LogP contribution in [0, 0.1) is 17.3 Å². The Bertz CT molecular complexity index is 589. The van der Waals surface area contributed by atoms with Crippen LogP contribution in [-0.2, 0) is 28.6 Å². The zero-order valence-corrected chi connectivity index (χ0v) is 15.3. The minimum Gasteiger partial charge on any atom is -0.354 e. The lowest BCUT2D eigenvalue weighted by Crippen LogP contribution is -2.38. The molecule has 0 spiro atoms. The predicted octanol–water partition coefficient (Wildman–Crippen LogP) is 1.04. The third-order valence-corrected chi connectivity index (χ3v) is 7.56. The Morgan fingerprint density at radius 3 is 2.79 bits per heavy atom. The second-order valence-corrected chi connectivity index (χ2v) is 9.42. The van der Waals surface area contributed by atoms with Gasteiger partial charge in [0.15, 0.2) is 0 Å². The molecule has 0 aromatic heterocycles. The normalized spacial score (nSPS) is 36.2. The number of fused-ring (bicyclic) bond motifs is 1. The summed E-state index contributed by atoms with van der Waals surface area (Å²) in [7, 11) is -3.40. The molecular weight excluding hydrogens is 334 g/mol. The first-order chi connectivity index (χ1) is 11.3. The number of rotatable bonds is 8. The fourth-order valence-corrected chi connectivity index (χ4v) is 5.82. The molecule has 3 rings (SSSR count). The highest BCUT2D eigenvalue weighted by atomic mass is 32.2. The fraction of sp³-hybridized carbons (Fsp3) is 0.938. The molecule has 3 fully saturated rings. The van der Waals surface area contributed by atoms with Gasteiger partial charge in [-0.15, -0.1) is 0 Å². The van der Waals surface area contributed by atoms with E-state index in [1.807, 2.05) is 20.8 Å². The van der Waals surface area contributed by atoms with Crippen LogP contribution in [0.2, 0.25) is 0 Å². The Balaban J connectivity index is 1.35. The second kappa shape index (κ2) is 6.55. The molecule has 0 aromatic rings. The molecule has 5 atom stereocenters. The third-order valence-electron chi connectivity index (χ3n) is 5.79. The third kappa shape index (κ3) is 3.21. The molecule has 1 N–H and O–H groups in total. The van der Waals surface area contributed by atoms with E-state index in [0.29, 0.717) is 19.6 Å². The number of hydrogen-bond acceptors (Lipinski definition) is 6. The molecule has 24 heavy (non-hydrogen) atoms. The van der Waals surface area contributed by atoms with Crippen LogP contribution < -0.4 is 5.32 Å². The maximum atomic E-state index is 11.9. The number of carbonyl (C=O) groups is 1. The van der Waals surface area contributed by atoms with Gasteiger partial charge in [-0.1, -0.05) is 20.8 Å². The van der Waals surface area contributed by atoms with Gasteiger partial charge in [0.1, 0.15) is 12.9 Å². The lowest BCUT2D eigenvalue weighted by Gasteiger charge is -2.25. The molecule has 1 heterocycles. The average Bonchev–Trinajstić information content (AvgIpc) is 3.13. The lowest BCUT2D eigenvalue weighted by molar-refractivity contribution is -0.133. The quantitative estimate of drug-likeness (QED) is 0.395. The highest BCUT2D eigenvalue weighted by Crippen LogP contribution is 2.55. The molecule has 138 valence electrons. The van der Waals surface area contributed by atoms with Gasteiger partial charge in [0.25, 0.3) is 10.1 Å². The van der Waals surface area contributed by atoms with E-state index in [4.69, 9.17) is 13.7 Å². The first kappa shape index (κ1) is 18.1. The van der Waals surface area contributed by atoms with E-state index in [1.54, 1.807) is 0 Å². The largest absolute Gasteiger partial charge is 0.354 e. The Morgan fingerprint density at radius 2 is 2.08 bits per heavy atom. The van der Waals surface area contributed by atoms with Gasteiger partial charge in [-0.25, -0.2) is 0 Å². The van der Waals surface area contributed by atoms with Gasteiger partial charge in [-0.05, 0) is 25.2 Å². The molecule has 8 heteroatoms. The van der Waals surface area contributed by atoms with Crippen molar-refractivity contribution in [3.63, 3.8) is 0 Å². The highest BCUT2D eigenvalue weighted by molar-refractivity contribution is 7.87. The van der Waals surface area contributed by atoms with Gasteiger partial charge in [0.2, 0.25) is 5.91 Å². The highest BCUT2D eigenvalue weighted by Gasteiger charge is 2.64. The number of hydrogen-bond donors (Lipinski definition) is 1. The first-order valence-electron chi connectivity index (χ1n) is 8.66. The SMILES string of the molecule is CCC(C)(C)C(=O)NCCOCOC1C2CC3C1OS(=O)(=O)C3C2. The van der Waals surface area contributed by atoms with Gasteiger partial charge in [0.05, 0.1) is 18.0 Å². The molecule has 1 amide bonds. The molecule has 2 aliphatic carbocycles. The summed E-state index contributed by atoms with van der Waals surface area (Å²) >= 11 is 0. The number of amides is 1. The fourth-order valence-electron chi connectivity index (χ4n) is 3.93. The van der Waals surface area contributed by atoms with Gasteiger partial charge < -0.3 is 14.8 Å². The number of carbonyl (C=O) groups excluding carboxylic acids is 1. The molecular formula is C16H27NO6S. The summed E-state index contributed by atoms with van der Waals surface area (Å²) in [5.74, 6) is 0.342. The Morgan fingerprint density at radius 1 is 1.33 bits per heavy atom. The molecule has 1 aliphatic heterocycles. The summed E-state index contributed by atoms with van der Waals surface area (Å²) in [5, 5.41) is 2.51. The van der Waals surface area contributed by atoms with E-state index in [-0.39, 0.29) is 47.4 Å². The molecule has 3 aliphatic rings. The van der Waals surface area contributed by atoms with Crippen LogP contribution in [0.4, 0.5) is 0 Å². The zero-order chi connectivity index (χ0) is 17.5. The van der Waals surface area contributed by atoms with Crippen LogP contribution in [-0.4, -0.2) is 51.7 Å². The molecule has 0 radical (unpaired) electrons. The molecule has 5 unspecified atom stereocenters. The predicted molar refractivity (Wildman–Crippen MR) is 86.6 cm³/mol. The maximum absolute atomic E-state index is 11.9. The van der Waals surface area contributed by atoms with Crippen molar-refractivity contribution in [2.24, 2.45) is 17.3 Å². The summed E-state index contributed by atoms with van der Waals surface area (Å²) in [6, 6.07) is 0. The van der Waals surface area contributed by atoms with Crippen molar-refractivity contribution in [1.29, 1.82) is 0 Å². The van der Waals surface area contributed by atoms with Crippen LogP contribution in [0.3, 0.4) is 0 Å². The molecule has 2 bridgehead atoms. The summed E-state index contributed by atoms with van der Waals surface area (Å²) in [5.41, 5.74) is -0.374. The summed E-state index contributed by atoms with van der Waals surface area (Å²) in [6.07, 6.45) is 1.74. The summed E-state index contributed by atoms with van der Waals surface area (Å²) in [6.45, 7) is 6.67. The molecule has 7 nitrogen and oxygen atoms in total. The first-order valence-corrected chi connectivity index (χ1v) is 10.1. The van der Waals surface area contributed by atoms with Crippen LogP contribution in [0.1, 0.15) is 40.0 Å². The van der Waals surface area contributed by atoms with Gasteiger partial charge in [-0.3, -0.25) is 8.98 Å². The average molecular weight is 361 g/mol. The lowest BCUT2D eigenvalue weighted by atomic mass is 9.89. The van der Waals surface area contributed by atoms with E-state index < -0.39 is 10.1 Å². The van der Waals surface area contributed by atoms with E-state index >= 15 is 0 Å². The van der Waals surface area contributed by atoms with Crippen LogP contribution in [0.5, 0.6) is 0 Å². The van der Waals surface area contributed by atoms with Crippen molar-refractivity contribution in [3.05, 3.63) is 0 Å². The Kier molecular flexibility index (Phi) is 4.94. The van der Waals surface area contributed by atoms with Crippen LogP contribution in [0.25, 0.3) is 0 Å². The van der Waals surface area contributed by atoms with Gasteiger partial charge in [0, 0.05) is 17.9 Å². The Labute approximate surface area is 143 Å². The zero-order valence-electron chi connectivity index (χ0n) is 14.5. The van der Waals surface area contributed by atoms with Crippen molar-refractivity contribution < 1.29 is 26.9 Å². The van der Waals surface area contributed by atoms with Crippen LogP contribution in [0.15, 0.2) is 0 Å². The smallest absolute Gasteiger partial charge is 0.270 e. The second-order valence-electron chi connectivity index (χ2n) is 7.64. The van der Waals surface area contributed by atoms with Gasteiger partial charge in [-0.2, -0.15) is 8.42 Å². The van der Waals surface area contributed by atoms with Crippen molar-refractivity contribution >= 4 is 16.0 Å². The van der Waals surface area contributed by atoms with E-state index in [1.165, 1.54) is 0 Å². The van der Waals surface area contributed by atoms with Crippen molar-refractivity contribution in [3.8, 4) is 0 Å². The minimum atomic E-state index is -3.40. The molecule has 0 aromatic carbocycles. The number of ether oxygens (including phenoxy) is 2. The monoisotopic (exact) mass is 361 g/mol. The summed E-state index contributed by atoms with van der Waals surface area (Å²) in [4.78, 5) is 11.9. The van der Waals surface area contributed by atoms with E-state index in [9.17, 15) is 13.2 Å². The van der Waals surface area contributed by atoms with E-state index in [2.05, 4.69) is 5.32 Å². The van der Waals surface area contributed by atoms with E-state index in [0.717, 1.165) is 12.8 Å². The van der Waals surface area contributed by atoms with Gasteiger partial charge >= 0.3 is 0 Å². The molecule has 2 saturated carbocycles.